The van der Waals surface area contributed by atoms with Crippen LogP contribution in [0.1, 0.15) is 46.0 Å². The highest BCUT2D eigenvalue weighted by Gasteiger charge is 2.29. The van der Waals surface area contributed by atoms with E-state index >= 15 is 0 Å². The number of nitrogens with one attached hydrogen (secondary N) is 1. The van der Waals surface area contributed by atoms with E-state index in [9.17, 15) is 9.59 Å². The SMILES string of the molecule is CC(C)CCN(C(=O)N[C@H](CO)C(=O)O)C1CCCC1. The maximum Gasteiger partial charge on any atom is 0.328 e. The molecule has 1 aliphatic rings. The molecule has 2 amide bonds. The van der Waals surface area contributed by atoms with Gasteiger partial charge in [0.1, 0.15) is 0 Å². The van der Waals surface area contributed by atoms with Crippen molar-refractivity contribution in [3.8, 4) is 0 Å². The number of amides is 2. The predicted octanol–water partition coefficient (Wildman–Crippen LogP) is 1.43. The number of carboxylic acids is 1. The number of aliphatic carboxylic acids is 1. The molecule has 1 aliphatic carbocycles. The fourth-order valence-corrected chi connectivity index (χ4v) is 2.48. The molecule has 1 rings (SSSR count). The zero-order valence-corrected chi connectivity index (χ0v) is 12.3. The van der Waals surface area contributed by atoms with E-state index in [1.807, 2.05) is 0 Å². The lowest BCUT2D eigenvalue weighted by atomic mass is 10.1. The highest BCUT2D eigenvalue weighted by atomic mass is 16.4. The molecule has 1 atom stereocenters. The lowest BCUT2D eigenvalue weighted by Crippen LogP contribution is -2.52. The van der Waals surface area contributed by atoms with Crippen LogP contribution in [0, 0.1) is 5.92 Å². The first kappa shape index (κ1) is 16.8. The third-order valence-corrected chi connectivity index (χ3v) is 3.75. The Morgan fingerprint density at radius 3 is 2.35 bits per heavy atom. The van der Waals surface area contributed by atoms with E-state index < -0.39 is 18.6 Å². The Hall–Kier alpha value is -1.30. The lowest BCUT2D eigenvalue weighted by molar-refractivity contribution is -0.140. The summed E-state index contributed by atoms with van der Waals surface area (Å²) in [6, 6.07) is -1.41. The molecule has 0 aromatic carbocycles. The van der Waals surface area contributed by atoms with Crippen LogP contribution in [0.15, 0.2) is 0 Å². The van der Waals surface area contributed by atoms with Crippen molar-refractivity contribution in [3.05, 3.63) is 0 Å². The number of hydrogen-bond donors (Lipinski definition) is 3. The van der Waals surface area contributed by atoms with Crippen molar-refractivity contribution in [3.63, 3.8) is 0 Å². The minimum atomic E-state index is -1.23. The molecule has 0 aromatic rings. The fourth-order valence-electron chi connectivity index (χ4n) is 2.48. The second kappa shape index (κ2) is 8.09. The van der Waals surface area contributed by atoms with Crippen molar-refractivity contribution >= 4 is 12.0 Å². The molecule has 1 fully saturated rings. The van der Waals surface area contributed by atoms with Gasteiger partial charge in [0.25, 0.3) is 0 Å². The molecule has 6 heteroatoms. The fraction of sp³-hybridized carbons (Fsp3) is 0.857. The Morgan fingerprint density at radius 2 is 1.90 bits per heavy atom. The van der Waals surface area contributed by atoms with Gasteiger partial charge in [0.05, 0.1) is 6.61 Å². The normalized spacial score (nSPS) is 17.2. The molecule has 0 aromatic heterocycles. The zero-order valence-electron chi connectivity index (χ0n) is 12.3. The summed E-state index contributed by atoms with van der Waals surface area (Å²) < 4.78 is 0. The molecule has 0 unspecified atom stereocenters. The number of carbonyl (C=O) groups excluding carboxylic acids is 1. The number of carboxylic acid groups (broad SMARTS) is 1. The molecule has 0 saturated heterocycles. The van der Waals surface area contributed by atoms with Crippen molar-refractivity contribution in [1.29, 1.82) is 0 Å². The Morgan fingerprint density at radius 1 is 1.30 bits per heavy atom. The second-order valence-electron chi connectivity index (χ2n) is 5.84. The van der Waals surface area contributed by atoms with Gasteiger partial charge in [0.2, 0.25) is 0 Å². The van der Waals surface area contributed by atoms with Crippen molar-refractivity contribution in [1.82, 2.24) is 10.2 Å². The van der Waals surface area contributed by atoms with Crippen molar-refractivity contribution in [2.24, 2.45) is 5.92 Å². The average molecular weight is 286 g/mol. The summed E-state index contributed by atoms with van der Waals surface area (Å²) in [6.07, 6.45) is 5.06. The highest BCUT2D eigenvalue weighted by molar-refractivity contribution is 5.82. The number of nitrogens with zero attached hydrogens (tertiary/aromatic N) is 1. The van der Waals surface area contributed by atoms with E-state index in [2.05, 4.69) is 19.2 Å². The monoisotopic (exact) mass is 286 g/mol. The quantitative estimate of drug-likeness (QED) is 0.660. The topological polar surface area (TPSA) is 89.9 Å². The van der Waals surface area contributed by atoms with Gasteiger partial charge in [-0.2, -0.15) is 0 Å². The average Bonchev–Trinajstić information content (AvgIpc) is 2.89. The lowest BCUT2D eigenvalue weighted by Gasteiger charge is -2.30. The van der Waals surface area contributed by atoms with Gasteiger partial charge in [-0.05, 0) is 25.2 Å². The molecule has 0 bridgehead atoms. The largest absolute Gasteiger partial charge is 0.480 e. The molecule has 20 heavy (non-hydrogen) atoms. The van der Waals surface area contributed by atoms with E-state index in [1.54, 1.807) is 4.90 Å². The molecule has 0 radical (unpaired) electrons. The van der Waals surface area contributed by atoms with E-state index in [1.165, 1.54) is 0 Å². The van der Waals surface area contributed by atoms with Crippen LogP contribution in [0.3, 0.4) is 0 Å². The highest BCUT2D eigenvalue weighted by Crippen LogP contribution is 2.24. The van der Waals surface area contributed by atoms with Gasteiger partial charge in [-0.1, -0.05) is 26.7 Å². The number of carbonyl (C=O) groups is 2. The third-order valence-electron chi connectivity index (χ3n) is 3.75. The predicted molar refractivity (Wildman–Crippen MR) is 75.5 cm³/mol. The van der Waals surface area contributed by atoms with Gasteiger partial charge in [-0.3, -0.25) is 0 Å². The van der Waals surface area contributed by atoms with Gasteiger partial charge in [-0.15, -0.1) is 0 Å². The number of urea groups is 1. The van der Waals surface area contributed by atoms with E-state index in [4.69, 9.17) is 10.2 Å². The van der Waals surface area contributed by atoms with Gasteiger partial charge < -0.3 is 20.4 Å². The standard InChI is InChI=1S/C14H26N2O4/c1-10(2)7-8-16(11-5-3-4-6-11)14(20)15-12(9-17)13(18)19/h10-12,17H,3-9H2,1-2H3,(H,15,20)(H,18,19)/t12-/m1/s1. The number of hydrogen-bond acceptors (Lipinski definition) is 3. The minimum Gasteiger partial charge on any atom is -0.480 e. The minimum absolute atomic E-state index is 0.196. The summed E-state index contributed by atoms with van der Waals surface area (Å²) in [5, 5.41) is 20.3. The van der Waals surface area contributed by atoms with Crippen LogP contribution in [0.5, 0.6) is 0 Å². The second-order valence-corrected chi connectivity index (χ2v) is 5.84. The number of aliphatic hydroxyl groups excluding tert-OH is 1. The van der Waals surface area contributed by atoms with Gasteiger partial charge in [0.15, 0.2) is 6.04 Å². The molecule has 0 aliphatic heterocycles. The van der Waals surface area contributed by atoms with Crippen LogP contribution < -0.4 is 5.32 Å². The molecule has 0 spiro atoms. The van der Waals surface area contributed by atoms with Crippen LogP contribution in [0.25, 0.3) is 0 Å². The summed E-state index contributed by atoms with van der Waals surface area (Å²) in [5.74, 6) is -0.726. The van der Waals surface area contributed by atoms with Crippen LogP contribution >= 0.6 is 0 Å². The first-order valence-corrected chi connectivity index (χ1v) is 7.36. The summed E-state index contributed by atoms with van der Waals surface area (Å²) in [7, 11) is 0. The Bertz CT molecular complexity index is 327. The van der Waals surface area contributed by atoms with Crippen molar-refractivity contribution < 1.29 is 19.8 Å². The van der Waals surface area contributed by atoms with Crippen LogP contribution in [0.4, 0.5) is 4.79 Å². The summed E-state index contributed by atoms with van der Waals surface area (Å²) in [6.45, 7) is 4.23. The maximum atomic E-state index is 12.3. The zero-order chi connectivity index (χ0) is 15.1. The molecule has 3 N–H and O–H groups in total. The van der Waals surface area contributed by atoms with E-state index in [-0.39, 0.29) is 12.1 Å². The summed E-state index contributed by atoms with van der Waals surface area (Å²) >= 11 is 0. The van der Waals surface area contributed by atoms with E-state index in [0.29, 0.717) is 12.5 Å². The smallest absolute Gasteiger partial charge is 0.328 e. The first-order chi connectivity index (χ1) is 9.45. The molecular formula is C14H26N2O4. The van der Waals surface area contributed by atoms with Gasteiger partial charge in [0, 0.05) is 12.6 Å². The van der Waals surface area contributed by atoms with Crippen LogP contribution in [-0.4, -0.2) is 52.3 Å². The Kier molecular flexibility index (Phi) is 6.78. The van der Waals surface area contributed by atoms with E-state index in [0.717, 1.165) is 32.1 Å². The Balaban J connectivity index is 2.65. The van der Waals surface area contributed by atoms with Gasteiger partial charge in [-0.25, -0.2) is 9.59 Å². The number of rotatable bonds is 7. The number of aliphatic hydroxyl groups is 1. The van der Waals surface area contributed by atoms with Crippen molar-refractivity contribution in [2.45, 2.75) is 58.0 Å². The molecule has 0 heterocycles. The van der Waals surface area contributed by atoms with Gasteiger partial charge >= 0.3 is 12.0 Å². The van der Waals surface area contributed by atoms with Crippen LogP contribution in [0.2, 0.25) is 0 Å². The van der Waals surface area contributed by atoms with Crippen LogP contribution in [-0.2, 0) is 4.79 Å². The Labute approximate surface area is 120 Å². The first-order valence-electron chi connectivity index (χ1n) is 7.36. The summed E-state index contributed by atoms with van der Waals surface area (Å²) in [4.78, 5) is 24.9. The molecule has 1 saturated carbocycles. The molecule has 6 nitrogen and oxygen atoms in total. The summed E-state index contributed by atoms with van der Waals surface area (Å²) in [5.41, 5.74) is 0. The molecular weight excluding hydrogens is 260 g/mol. The third kappa shape index (κ3) is 5.00. The molecule has 116 valence electrons. The van der Waals surface area contributed by atoms with Crippen molar-refractivity contribution in [2.75, 3.05) is 13.2 Å². The maximum absolute atomic E-state index is 12.3.